The van der Waals surface area contributed by atoms with E-state index in [9.17, 15) is 13.5 Å². The Morgan fingerprint density at radius 3 is 2.38 bits per heavy atom. The van der Waals surface area contributed by atoms with Gasteiger partial charge in [-0.1, -0.05) is 12.1 Å². The molecule has 3 unspecified atom stereocenters. The van der Waals surface area contributed by atoms with Gasteiger partial charge >= 0.3 is 0 Å². The lowest BCUT2D eigenvalue weighted by atomic mass is 10.0. The molecule has 1 aromatic rings. The maximum atomic E-state index is 12.6. The first-order valence-corrected chi connectivity index (χ1v) is 8.75. The molecule has 6 heteroatoms. The van der Waals surface area contributed by atoms with Gasteiger partial charge in [-0.3, -0.25) is 0 Å². The fraction of sp³-hybridized carbons (Fsp3) is 0.600. The SMILES string of the molecule is CNC(C)c1ccc(S(=O)(=O)N2CCC(C(C)O)C2)cc1. The van der Waals surface area contributed by atoms with Gasteiger partial charge in [-0.2, -0.15) is 4.31 Å². The number of aliphatic hydroxyl groups excluding tert-OH is 1. The molecule has 0 bridgehead atoms. The first kappa shape index (κ1) is 16.4. The number of sulfonamides is 1. The number of hydrogen-bond acceptors (Lipinski definition) is 4. The van der Waals surface area contributed by atoms with Crippen molar-refractivity contribution in [3.05, 3.63) is 29.8 Å². The van der Waals surface area contributed by atoms with Crippen molar-refractivity contribution in [3.63, 3.8) is 0 Å². The van der Waals surface area contributed by atoms with Gasteiger partial charge in [-0.05, 0) is 50.9 Å². The molecule has 21 heavy (non-hydrogen) atoms. The zero-order chi connectivity index (χ0) is 15.6. The van der Waals surface area contributed by atoms with Crippen molar-refractivity contribution >= 4 is 10.0 Å². The quantitative estimate of drug-likeness (QED) is 0.861. The van der Waals surface area contributed by atoms with Gasteiger partial charge in [0.1, 0.15) is 0 Å². The number of hydrogen-bond donors (Lipinski definition) is 2. The Morgan fingerprint density at radius 1 is 1.29 bits per heavy atom. The fourth-order valence-corrected chi connectivity index (χ4v) is 4.12. The summed E-state index contributed by atoms with van der Waals surface area (Å²) in [6, 6.07) is 7.20. The molecular formula is C15H24N2O3S. The van der Waals surface area contributed by atoms with Gasteiger partial charge in [-0.15, -0.1) is 0 Å². The lowest BCUT2D eigenvalue weighted by molar-refractivity contribution is 0.133. The minimum absolute atomic E-state index is 0.0309. The van der Waals surface area contributed by atoms with E-state index in [1.54, 1.807) is 19.1 Å². The van der Waals surface area contributed by atoms with Crippen LogP contribution in [0, 0.1) is 5.92 Å². The molecule has 0 spiro atoms. The zero-order valence-corrected chi connectivity index (χ0v) is 13.6. The largest absolute Gasteiger partial charge is 0.393 e. The number of nitrogens with one attached hydrogen (secondary N) is 1. The third kappa shape index (κ3) is 3.45. The van der Waals surface area contributed by atoms with Crippen LogP contribution < -0.4 is 5.32 Å². The van der Waals surface area contributed by atoms with Crippen LogP contribution in [0.5, 0.6) is 0 Å². The van der Waals surface area contributed by atoms with Crippen LogP contribution in [0.1, 0.15) is 31.9 Å². The van der Waals surface area contributed by atoms with E-state index >= 15 is 0 Å². The molecule has 118 valence electrons. The van der Waals surface area contributed by atoms with Gasteiger partial charge in [-0.25, -0.2) is 8.42 Å². The van der Waals surface area contributed by atoms with Crippen molar-refractivity contribution in [1.82, 2.24) is 9.62 Å². The summed E-state index contributed by atoms with van der Waals surface area (Å²) in [5.41, 5.74) is 1.06. The zero-order valence-electron chi connectivity index (χ0n) is 12.8. The maximum Gasteiger partial charge on any atom is 0.243 e. The van der Waals surface area contributed by atoms with E-state index in [0.29, 0.717) is 24.4 Å². The topological polar surface area (TPSA) is 69.6 Å². The Morgan fingerprint density at radius 2 is 1.90 bits per heavy atom. The summed E-state index contributed by atoms with van der Waals surface area (Å²) in [5, 5.41) is 12.7. The standard InChI is InChI=1S/C15H24N2O3S/c1-11(16-3)13-4-6-15(7-5-13)21(19,20)17-9-8-14(10-17)12(2)18/h4-7,11-12,14,16,18H,8-10H2,1-3H3. The van der Waals surface area contributed by atoms with Crippen LogP contribution in [0.15, 0.2) is 29.2 Å². The van der Waals surface area contributed by atoms with Crippen molar-refractivity contribution in [2.45, 2.75) is 37.3 Å². The van der Waals surface area contributed by atoms with Crippen LogP contribution in [0.4, 0.5) is 0 Å². The Kier molecular flexibility index (Phi) is 5.03. The summed E-state index contributed by atoms with van der Waals surface area (Å²) in [6.45, 7) is 4.62. The molecule has 1 heterocycles. The number of nitrogens with zero attached hydrogens (tertiary/aromatic N) is 1. The average Bonchev–Trinajstić information content (AvgIpc) is 2.97. The van der Waals surface area contributed by atoms with E-state index in [4.69, 9.17) is 0 Å². The van der Waals surface area contributed by atoms with Crippen molar-refractivity contribution in [1.29, 1.82) is 0 Å². The van der Waals surface area contributed by atoms with Gasteiger partial charge in [0.15, 0.2) is 0 Å². The van der Waals surface area contributed by atoms with Crippen LogP contribution in [0.2, 0.25) is 0 Å². The molecule has 0 aromatic heterocycles. The van der Waals surface area contributed by atoms with Gasteiger partial charge in [0.2, 0.25) is 10.0 Å². The second-order valence-corrected chi connectivity index (χ2v) is 7.67. The number of aliphatic hydroxyl groups is 1. The van der Waals surface area contributed by atoms with Crippen molar-refractivity contribution in [2.75, 3.05) is 20.1 Å². The molecule has 2 rings (SSSR count). The Bertz CT molecular complexity index is 569. The van der Waals surface area contributed by atoms with Crippen LogP contribution in [-0.2, 0) is 10.0 Å². The minimum atomic E-state index is -3.45. The maximum absolute atomic E-state index is 12.6. The molecule has 1 aromatic carbocycles. The monoisotopic (exact) mass is 312 g/mol. The highest BCUT2D eigenvalue weighted by Crippen LogP contribution is 2.26. The third-order valence-electron chi connectivity index (χ3n) is 4.32. The molecular weight excluding hydrogens is 288 g/mol. The smallest absolute Gasteiger partial charge is 0.243 e. The highest BCUT2D eigenvalue weighted by Gasteiger charge is 2.34. The van der Waals surface area contributed by atoms with Crippen LogP contribution in [0.3, 0.4) is 0 Å². The fourth-order valence-electron chi connectivity index (χ4n) is 2.61. The lowest BCUT2D eigenvalue weighted by Gasteiger charge is -2.18. The Labute approximate surface area is 127 Å². The van der Waals surface area contributed by atoms with E-state index in [0.717, 1.165) is 5.56 Å². The van der Waals surface area contributed by atoms with Crippen molar-refractivity contribution < 1.29 is 13.5 Å². The summed E-state index contributed by atoms with van der Waals surface area (Å²) >= 11 is 0. The van der Waals surface area contributed by atoms with Crippen LogP contribution >= 0.6 is 0 Å². The molecule has 0 aliphatic carbocycles. The van der Waals surface area contributed by atoms with E-state index in [1.807, 2.05) is 26.1 Å². The Hall–Kier alpha value is -0.950. The molecule has 1 saturated heterocycles. The van der Waals surface area contributed by atoms with E-state index < -0.39 is 16.1 Å². The van der Waals surface area contributed by atoms with Gasteiger partial charge in [0.25, 0.3) is 0 Å². The molecule has 3 atom stereocenters. The summed E-state index contributed by atoms with van der Waals surface area (Å²) in [4.78, 5) is 0.320. The third-order valence-corrected chi connectivity index (χ3v) is 6.20. The summed E-state index contributed by atoms with van der Waals surface area (Å²) < 4.78 is 26.6. The molecule has 1 aliphatic rings. The van der Waals surface area contributed by atoms with Crippen LogP contribution in [-0.4, -0.2) is 44.1 Å². The first-order chi connectivity index (χ1) is 9.86. The predicted octanol–water partition coefficient (Wildman–Crippen LogP) is 1.36. The molecule has 2 N–H and O–H groups in total. The highest BCUT2D eigenvalue weighted by molar-refractivity contribution is 7.89. The van der Waals surface area contributed by atoms with E-state index in [1.165, 1.54) is 4.31 Å². The van der Waals surface area contributed by atoms with E-state index in [-0.39, 0.29) is 12.0 Å². The van der Waals surface area contributed by atoms with Crippen molar-refractivity contribution in [3.8, 4) is 0 Å². The van der Waals surface area contributed by atoms with Gasteiger partial charge < -0.3 is 10.4 Å². The van der Waals surface area contributed by atoms with E-state index in [2.05, 4.69) is 5.32 Å². The number of benzene rings is 1. The van der Waals surface area contributed by atoms with Gasteiger partial charge in [0.05, 0.1) is 11.0 Å². The van der Waals surface area contributed by atoms with Crippen molar-refractivity contribution in [2.24, 2.45) is 5.92 Å². The summed E-state index contributed by atoms with van der Waals surface area (Å²) in [5.74, 6) is 0.0309. The molecule has 1 fully saturated rings. The predicted molar refractivity (Wildman–Crippen MR) is 82.5 cm³/mol. The Balaban J connectivity index is 2.17. The van der Waals surface area contributed by atoms with Crippen LogP contribution in [0.25, 0.3) is 0 Å². The number of rotatable bonds is 5. The normalized spacial score (nSPS) is 23.1. The molecule has 5 nitrogen and oxygen atoms in total. The summed E-state index contributed by atoms with van der Waals surface area (Å²) in [7, 11) is -1.58. The molecule has 0 amide bonds. The molecule has 0 radical (unpaired) electrons. The average molecular weight is 312 g/mol. The molecule has 1 aliphatic heterocycles. The minimum Gasteiger partial charge on any atom is -0.393 e. The second-order valence-electron chi connectivity index (χ2n) is 5.73. The summed E-state index contributed by atoms with van der Waals surface area (Å²) in [6.07, 6.45) is 0.246. The first-order valence-electron chi connectivity index (χ1n) is 7.31. The molecule has 0 saturated carbocycles. The second kappa shape index (κ2) is 6.44. The lowest BCUT2D eigenvalue weighted by Crippen LogP contribution is -2.30. The van der Waals surface area contributed by atoms with Gasteiger partial charge in [0, 0.05) is 19.1 Å². The highest BCUT2D eigenvalue weighted by atomic mass is 32.2.